The zero-order chi connectivity index (χ0) is 34.4. The molecule has 0 fully saturated rings. The fraction of sp³-hybridized carbons (Fsp3) is 0. The summed E-state index contributed by atoms with van der Waals surface area (Å²) in [5.74, 6) is 0. The molecule has 4 nitrogen and oxygen atoms in total. The van der Waals surface area contributed by atoms with E-state index in [2.05, 4.69) is 184 Å². The van der Waals surface area contributed by atoms with Gasteiger partial charge in [0.25, 0.3) is 0 Å². The molecule has 13 rings (SSSR count). The van der Waals surface area contributed by atoms with Crippen molar-refractivity contribution in [1.82, 2.24) is 9.13 Å². The molecule has 8 aromatic carbocycles. The Labute approximate surface area is 304 Å². The second-order valence-electron chi connectivity index (χ2n) is 14.4. The molecule has 0 aliphatic carbocycles. The Bertz CT molecular complexity index is 3320. The van der Waals surface area contributed by atoms with Gasteiger partial charge < -0.3 is 18.4 Å². The summed E-state index contributed by atoms with van der Waals surface area (Å²) in [5.41, 5.74) is 16.5. The summed E-state index contributed by atoms with van der Waals surface area (Å²) in [4.78, 5) is 2.58. The molecule has 0 N–H and O–H groups in total. The summed E-state index contributed by atoms with van der Waals surface area (Å²) in [6.45, 7) is -0.0572. The third-order valence-corrected chi connectivity index (χ3v) is 11.9. The van der Waals surface area contributed by atoms with Crippen molar-refractivity contribution in [3.8, 4) is 22.5 Å². The SMILES string of the molecule is c1ccc(N2B3c4ccccc4-n4c5ccccc5c5c(-n6c7ccccc7c7ccccc76)cc(c3c54)-c3cc4oc5ccccc5c4cc32)cc1. The second kappa shape index (κ2) is 9.87. The van der Waals surface area contributed by atoms with Crippen molar-refractivity contribution in [2.75, 3.05) is 4.81 Å². The predicted molar refractivity (Wildman–Crippen MR) is 221 cm³/mol. The van der Waals surface area contributed by atoms with Crippen LogP contribution in [0.25, 0.3) is 88.1 Å². The maximum Gasteiger partial charge on any atom is 0.333 e. The highest BCUT2D eigenvalue weighted by atomic mass is 16.3. The van der Waals surface area contributed by atoms with Crippen LogP contribution in [0.4, 0.5) is 11.4 Å². The van der Waals surface area contributed by atoms with Crippen molar-refractivity contribution >= 4 is 94.7 Å². The summed E-state index contributed by atoms with van der Waals surface area (Å²) < 4.78 is 11.7. The highest BCUT2D eigenvalue weighted by molar-refractivity contribution is 6.93. The van der Waals surface area contributed by atoms with Gasteiger partial charge >= 0.3 is 6.85 Å². The van der Waals surface area contributed by atoms with E-state index in [1.165, 1.54) is 82.7 Å². The Hall–Kier alpha value is -6.98. The predicted octanol–water partition coefficient (Wildman–Crippen LogP) is 11.0. The summed E-state index contributed by atoms with van der Waals surface area (Å²) >= 11 is 0. The first kappa shape index (κ1) is 27.7. The van der Waals surface area contributed by atoms with Gasteiger partial charge in [0.2, 0.25) is 0 Å². The Kier molecular flexibility index (Phi) is 5.16. The zero-order valence-corrected chi connectivity index (χ0v) is 28.5. The van der Waals surface area contributed by atoms with Crippen molar-refractivity contribution in [2.24, 2.45) is 0 Å². The third kappa shape index (κ3) is 3.42. The first-order chi connectivity index (χ1) is 26.3. The Balaban J connectivity index is 1.29. The summed E-state index contributed by atoms with van der Waals surface area (Å²) in [7, 11) is 0. The van der Waals surface area contributed by atoms with Crippen molar-refractivity contribution in [1.29, 1.82) is 0 Å². The minimum absolute atomic E-state index is 0.0572. The van der Waals surface area contributed by atoms with Gasteiger partial charge in [0, 0.05) is 54.9 Å². The van der Waals surface area contributed by atoms with Crippen molar-refractivity contribution < 1.29 is 4.42 Å². The summed E-state index contributed by atoms with van der Waals surface area (Å²) in [6.07, 6.45) is 0. The number of furan rings is 1. The maximum absolute atomic E-state index is 6.62. The van der Waals surface area contributed by atoms with E-state index in [0.29, 0.717) is 0 Å². The summed E-state index contributed by atoms with van der Waals surface area (Å²) in [5, 5.41) is 7.30. The fourth-order valence-electron chi connectivity index (χ4n) is 9.81. The number of anilines is 2. The molecule has 0 amide bonds. The average Bonchev–Trinajstić information content (AvgIpc) is 3.88. The van der Waals surface area contributed by atoms with Crippen LogP contribution in [0.1, 0.15) is 0 Å². The van der Waals surface area contributed by atoms with Gasteiger partial charge in [-0.05, 0) is 77.2 Å². The van der Waals surface area contributed by atoms with Gasteiger partial charge in [-0.3, -0.25) is 0 Å². The van der Waals surface area contributed by atoms with Gasteiger partial charge in [0.05, 0.1) is 27.8 Å². The highest BCUT2D eigenvalue weighted by Crippen LogP contribution is 2.49. The molecule has 0 saturated carbocycles. The number of hydrogen-bond donors (Lipinski definition) is 0. The summed E-state index contributed by atoms with van der Waals surface area (Å²) in [6, 6.07) is 62.2. The molecule has 2 aliphatic rings. The first-order valence-electron chi connectivity index (χ1n) is 18.3. The van der Waals surface area contributed by atoms with Gasteiger partial charge in [-0.1, -0.05) is 109 Å². The molecule has 0 atom stereocenters. The van der Waals surface area contributed by atoms with Gasteiger partial charge in [0.1, 0.15) is 11.2 Å². The van der Waals surface area contributed by atoms with E-state index in [0.717, 1.165) is 27.6 Å². The smallest absolute Gasteiger partial charge is 0.333 e. The molecule has 244 valence electrons. The molecule has 53 heavy (non-hydrogen) atoms. The van der Waals surface area contributed by atoms with Gasteiger partial charge in [-0.15, -0.1) is 0 Å². The van der Waals surface area contributed by atoms with Gasteiger partial charge in [-0.2, -0.15) is 0 Å². The van der Waals surface area contributed by atoms with Gasteiger partial charge in [0.15, 0.2) is 0 Å². The number of aromatic nitrogens is 2. The molecule has 0 radical (unpaired) electrons. The average molecular weight is 674 g/mol. The lowest BCUT2D eigenvalue weighted by Gasteiger charge is -2.42. The van der Waals surface area contributed by atoms with Crippen LogP contribution < -0.4 is 15.7 Å². The molecule has 0 unspecified atom stereocenters. The normalized spacial score (nSPS) is 13.2. The van der Waals surface area contributed by atoms with Crippen LogP contribution in [-0.4, -0.2) is 16.0 Å². The van der Waals surface area contributed by atoms with E-state index in [1.54, 1.807) is 0 Å². The number of fused-ring (bicyclic) bond motifs is 14. The van der Waals surface area contributed by atoms with Crippen LogP contribution in [0.2, 0.25) is 0 Å². The standard InChI is InChI=1S/C48H28BN3O/c1-2-14-29(15-3-1)52-42-26-35-32-18-7-13-25-44(32)53-45(35)28-34(42)36-27-43(50-38-21-9-4-16-30(38)31-17-5-10-22-39(31)50)46-33-19-6-11-23-40(33)51-41-24-12-8-20-37(41)49(52)47(36)48(46)51/h1-28H. The topological polar surface area (TPSA) is 26.2 Å². The van der Waals surface area contributed by atoms with E-state index in [9.17, 15) is 0 Å². The van der Waals surface area contributed by atoms with Crippen molar-refractivity contribution in [3.05, 3.63) is 170 Å². The fourth-order valence-corrected chi connectivity index (χ4v) is 9.81. The lowest BCUT2D eigenvalue weighted by atomic mass is 9.44. The Morgan fingerprint density at radius 1 is 0.415 bits per heavy atom. The molecule has 2 aliphatic heterocycles. The van der Waals surface area contributed by atoms with Crippen LogP contribution in [0.5, 0.6) is 0 Å². The number of benzene rings is 8. The molecule has 5 heteroatoms. The van der Waals surface area contributed by atoms with E-state index in [4.69, 9.17) is 4.42 Å². The molecule has 3 aromatic heterocycles. The molecule has 0 bridgehead atoms. The number of para-hydroxylation sites is 6. The first-order valence-corrected chi connectivity index (χ1v) is 18.3. The number of rotatable bonds is 2. The Morgan fingerprint density at radius 2 is 1.04 bits per heavy atom. The quantitative estimate of drug-likeness (QED) is 0.171. The largest absolute Gasteiger partial charge is 0.456 e. The van der Waals surface area contributed by atoms with Crippen LogP contribution in [-0.2, 0) is 0 Å². The van der Waals surface area contributed by atoms with Crippen LogP contribution in [0, 0.1) is 0 Å². The van der Waals surface area contributed by atoms with E-state index in [1.807, 2.05) is 0 Å². The van der Waals surface area contributed by atoms with Gasteiger partial charge in [-0.25, -0.2) is 0 Å². The minimum atomic E-state index is -0.0572. The monoisotopic (exact) mass is 673 g/mol. The highest BCUT2D eigenvalue weighted by Gasteiger charge is 2.44. The molecule has 11 aromatic rings. The van der Waals surface area contributed by atoms with E-state index < -0.39 is 0 Å². The number of nitrogens with zero attached hydrogens (tertiary/aromatic N) is 3. The molecule has 0 saturated heterocycles. The molecule has 0 spiro atoms. The van der Waals surface area contributed by atoms with Crippen LogP contribution in [0.15, 0.2) is 174 Å². The van der Waals surface area contributed by atoms with E-state index in [-0.39, 0.29) is 6.85 Å². The molecule has 5 heterocycles. The van der Waals surface area contributed by atoms with Crippen LogP contribution >= 0.6 is 0 Å². The van der Waals surface area contributed by atoms with E-state index >= 15 is 0 Å². The maximum atomic E-state index is 6.62. The second-order valence-corrected chi connectivity index (χ2v) is 14.4. The van der Waals surface area contributed by atoms with Crippen molar-refractivity contribution in [3.63, 3.8) is 0 Å². The zero-order valence-electron chi connectivity index (χ0n) is 28.5. The van der Waals surface area contributed by atoms with Crippen molar-refractivity contribution in [2.45, 2.75) is 0 Å². The Morgan fingerprint density at radius 3 is 1.81 bits per heavy atom. The molecular formula is C48H28BN3O. The molecular weight excluding hydrogens is 645 g/mol. The lowest BCUT2D eigenvalue weighted by molar-refractivity contribution is 0.669. The lowest BCUT2D eigenvalue weighted by Crippen LogP contribution is -2.60. The minimum Gasteiger partial charge on any atom is -0.456 e. The third-order valence-electron chi connectivity index (χ3n) is 11.9. The van der Waals surface area contributed by atoms with Crippen LogP contribution in [0.3, 0.4) is 0 Å². The number of hydrogen-bond acceptors (Lipinski definition) is 2.